The van der Waals surface area contributed by atoms with Gasteiger partial charge < -0.3 is 4.74 Å². The van der Waals surface area contributed by atoms with Gasteiger partial charge >= 0.3 is 12.4 Å². The lowest BCUT2D eigenvalue weighted by atomic mass is 9.94. The summed E-state index contributed by atoms with van der Waals surface area (Å²) in [5, 5.41) is 7.75. The summed E-state index contributed by atoms with van der Waals surface area (Å²) in [4.78, 5) is 19.4. The van der Waals surface area contributed by atoms with Crippen molar-refractivity contribution >= 4 is 17.4 Å². The van der Waals surface area contributed by atoms with Gasteiger partial charge in [0.05, 0.1) is 25.0 Å². The minimum atomic E-state index is -4.87. The molecule has 0 bridgehead atoms. The molecule has 5 aromatic rings. The van der Waals surface area contributed by atoms with Crippen LogP contribution in [0.4, 0.5) is 32.2 Å². The Morgan fingerprint density at radius 1 is 0.952 bits per heavy atom. The van der Waals surface area contributed by atoms with Crippen LogP contribution >= 0.6 is 0 Å². The number of aromatic nitrogens is 5. The smallest absolute Gasteiger partial charge is 0.433 e. The van der Waals surface area contributed by atoms with Gasteiger partial charge in [0.1, 0.15) is 11.6 Å². The number of alkyl halides is 6. The summed E-state index contributed by atoms with van der Waals surface area (Å²) < 4.78 is 91.0. The van der Waals surface area contributed by atoms with Gasteiger partial charge in [0.25, 0.3) is 5.91 Å². The van der Waals surface area contributed by atoms with E-state index in [4.69, 9.17) is 4.74 Å². The number of anilines is 1. The number of rotatable bonds is 4. The van der Waals surface area contributed by atoms with Crippen LogP contribution in [0.3, 0.4) is 0 Å². The van der Waals surface area contributed by atoms with E-state index in [-0.39, 0.29) is 17.2 Å². The quantitative estimate of drug-likeness (QED) is 0.224. The molecule has 1 amide bonds. The fourth-order valence-electron chi connectivity index (χ4n) is 5.11. The number of fused-ring (bicyclic) bond motifs is 2. The largest absolute Gasteiger partial charge is 0.497 e. The van der Waals surface area contributed by atoms with E-state index in [1.165, 1.54) is 25.3 Å². The number of methoxy groups -OCH3 is 1. The fraction of sp³-hybridized carbons (Fsp3) is 0.214. The first-order valence-corrected chi connectivity index (χ1v) is 12.6. The van der Waals surface area contributed by atoms with Crippen molar-refractivity contribution in [2.45, 2.75) is 30.9 Å². The predicted molar refractivity (Wildman–Crippen MR) is 138 cm³/mol. The predicted octanol–water partition coefficient (Wildman–Crippen LogP) is 6.52. The summed E-state index contributed by atoms with van der Waals surface area (Å²) in [7, 11) is 1.45. The van der Waals surface area contributed by atoms with Crippen LogP contribution in [0.1, 0.15) is 40.3 Å². The first-order valence-electron chi connectivity index (χ1n) is 12.6. The third kappa shape index (κ3) is 4.72. The number of benzene rings is 2. The summed E-state index contributed by atoms with van der Waals surface area (Å²) in [5.74, 6) is -0.576. The van der Waals surface area contributed by atoms with Crippen LogP contribution in [0.25, 0.3) is 16.9 Å². The Morgan fingerprint density at radius 3 is 2.31 bits per heavy atom. The number of hydrogen-bond donors (Lipinski definition) is 0. The van der Waals surface area contributed by atoms with Crippen molar-refractivity contribution in [3.63, 3.8) is 0 Å². The Bertz CT molecular complexity index is 1760. The van der Waals surface area contributed by atoms with Crippen LogP contribution in [0.5, 0.6) is 5.75 Å². The number of ether oxygens (including phenoxy) is 1. The van der Waals surface area contributed by atoms with E-state index in [0.717, 1.165) is 23.2 Å². The van der Waals surface area contributed by atoms with Crippen LogP contribution < -0.4 is 9.64 Å². The Balaban J connectivity index is 1.49. The molecule has 0 aliphatic carbocycles. The highest BCUT2D eigenvalue weighted by Crippen LogP contribution is 2.47. The maximum Gasteiger partial charge on any atom is 0.433 e. The second-order valence-electron chi connectivity index (χ2n) is 9.58. The zero-order chi connectivity index (χ0) is 29.8. The molecule has 3 aromatic heterocycles. The highest BCUT2D eigenvalue weighted by Gasteiger charge is 2.50. The van der Waals surface area contributed by atoms with E-state index in [1.54, 1.807) is 42.5 Å². The normalized spacial score (nSPS) is 17.4. The summed E-state index contributed by atoms with van der Waals surface area (Å²) in [6.07, 6.45) is -8.97. The van der Waals surface area contributed by atoms with Crippen molar-refractivity contribution in [1.29, 1.82) is 0 Å². The van der Waals surface area contributed by atoms with Gasteiger partial charge in [0.15, 0.2) is 23.1 Å². The molecule has 0 saturated heterocycles. The van der Waals surface area contributed by atoms with Crippen molar-refractivity contribution in [2.75, 3.05) is 12.0 Å². The number of carbonyl (C=O) groups is 1. The first-order chi connectivity index (χ1) is 20.0. The van der Waals surface area contributed by atoms with Gasteiger partial charge in [-0.25, -0.2) is 14.2 Å². The minimum absolute atomic E-state index is 0.0254. The Labute approximate surface area is 233 Å². The molecule has 0 fully saturated rings. The van der Waals surface area contributed by atoms with E-state index in [9.17, 15) is 31.1 Å². The molecular weight excluding hydrogens is 566 g/mol. The molecule has 2 unspecified atom stereocenters. The van der Waals surface area contributed by atoms with Crippen LogP contribution in [-0.4, -0.2) is 43.6 Å². The van der Waals surface area contributed by atoms with Crippen molar-refractivity contribution in [2.24, 2.45) is 0 Å². The summed E-state index contributed by atoms with van der Waals surface area (Å²) in [6.45, 7) is 0. The fourth-order valence-corrected chi connectivity index (χ4v) is 5.11. The average Bonchev–Trinajstić information content (AvgIpc) is 3.62. The molecule has 2 aromatic carbocycles. The van der Waals surface area contributed by atoms with Crippen molar-refractivity contribution in [3.8, 4) is 17.0 Å². The van der Waals surface area contributed by atoms with Crippen molar-refractivity contribution < 1.29 is 35.9 Å². The maximum atomic E-state index is 14.2. The number of nitrogens with zero attached hydrogens (tertiary/aromatic N) is 6. The Hall–Kier alpha value is -4.88. The standard InChI is InChI=1S/C28H20F6N6O2/c1-42-18-9-7-16(8-10-18)19-13-22(27(29,30)31)39-24(36-19)14-20(37-39)26(41)38-21(17-5-3-2-4-6-17)15-23(28(32,33)34)40-25(38)11-12-35-40/h2-14,21,23H,15H2,1H3. The molecule has 4 heterocycles. The van der Waals surface area contributed by atoms with Crippen LogP contribution in [0.15, 0.2) is 79.0 Å². The number of halogens is 6. The summed E-state index contributed by atoms with van der Waals surface area (Å²) >= 11 is 0. The van der Waals surface area contributed by atoms with E-state index in [1.807, 2.05) is 0 Å². The molecule has 1 aliphatic rings. The lowest BCUT2D eigenvalue weighted by molar-refractivity contribution is -0.174. The van der Waals surface area contributed by atoms with Crippen molar-refractivity contribution in [3.05, 3.63) is 95.9 Å². The molecule has 2 atom stereocenters. The lowest BCUT2D eigenvalue weighted by Crippen LogP contribution is -2.45. The van der Waals surface area contributed by atoms with Gasteiger partial charge in [-0.3, -0.25) is 9.69 Å². The number of amides is 1. The third-order valence-corrected chi connectivity index (χ3v) is 7.05. The van der Waals surface area contributed by atoms with E-state index in [0.29, 0.717) is 26.1 Å². The average molecular weight is 586 g/mol. The molecule has 0 spiro atoms. The minimum Gasteiger partial charge on any atom is -0.497 e. The van der Waals surface area contributed by atoms with Gasteiger partial charge in [-0.05, 0) is 35.9 Å². The number of carbonyl (C=O) groups excluding carboxylic acids is 1. The van der Waals surface area contributed by atoms with E-state index >= 15 is 0 Å². The second-order valence-corrected chi connectivity index (χ2v) is 9.58. The topological polar surface area (TPSA) is 77.5 Å². The van der Waals surface area contributed by atoms with Gasteiger partial charge in [0, 0.05) is 24.1 Å². The summed E-state index contributed by atoms with van der Waals surface area (Å²) in [5.41, 5.74) is -1.14. The molecule has 1 aliphatic heterocycles. The molecule has 8 nitrogen and oxygen atoms in total. The molecule has 6 rings (SSSR count). The Morgan fingerprint density at radius 2 is 1.67 bits per heavy atom. The van der Waals surface area contributed by atoms with Crippen molar-refractivity contribution in [1.82, 2.24) is 24.4 Å². The van der Waals surface area contributed by atoms with E-state index in [2.05, 4.69) is 15.2 Å². The molecular formula is C28H20F6N6O2. The van der Waals surface area contributed by atoms with Gasteiger partial charge in [-0.2, -0.15) is 36.5 Å². The zero-order valence-corrected chi connectivity index (χ0v) is 21.6. The van der Waals surface area contributed by atoms with Crippen LogP contribution in [-0.2, 0) is 6.18 Å². The van der Waals surface area contributed by atoms with Crippen LogP contribution in [0, 0.1) is 0 Å². The summed E-state index contributed by atoms with van der Waals surface area (Å²) in [6, 6.07) is 14.3. The maximum absolute atomic E-state index is 14.2. The lowest BCUT2D eigenvalue weighted by Gasteiger charge is -2.40. The second kappa shape index (κ2) is 9.89. The van der Waals surface area contributed by atoms with Gasteiger partial charge in [-0.1, -0.05) is 30.3 Å². The third-order valence-electron chi connectivity index (χ3n) is 7.05. The molecule has 216 valence electrons. The highest BCUT2D eigenvalue weighted by atomic mass is 19.4. The molecule has 14 heteroatoms. The molecule has 42 heavy (non-hydrogen) atoms. The molecule has 0 radical (unpaired) electrons. The Kier molecular flexibility index (Phi) is 6.43. The number of hydrogen-bond acceptors (Lipinski definition) is 5. The van der Waals surface area contributed by atoms with E-state index < -0.39 is 48.2 Å². The zero-order valence-electron chi connectivity index (χ0n) is 21.6. The molecule has 0 saturated carbocycles. The SMILES string of the molecule is COc1ccc(-c2cc(C(F)(F)F)n3nc(C(=O)N4c5ccnn5C(C(F)(F)F)CC4c4ccccc4)cc3n2)cc1. The van der Waals surface area contributed by atoms with Crippen LogP contribution in [0.2, 0.25) is 0 Å². The molecule has 0 N–H and O–H groups in total. The van der Waals surface area contributed by atoms with Gasteiger partial charge in [-0.15, -0.1) is 0 Å². The van der Waals surface area contributed by atoms with Gasteiger partial charge in [0.2, 0.25) is 0 Å². The monoisotopic (exact) mass is 586 g/mol. The first kappa shape index (κ1) is 27.3. The highest BCUT2D eigenvalue weighted by molar-refractivity contribution is 6.05.